The predicted octanol–water partition coefficient (Wildman–Crippen LogP) is 3.23. The van der Waals surface area contributed by atoms with Gasteiger partial charge in [0.2, 0.25) is 15.9 Å². The van der Waals surface area contributed by atoms with E-state index in [4.69, 9.17) is 0 Å². The molecule has 7 heteroatoms. The van der Waals surface area contributed by atoms with Crippen LogP contribution >= 0.6 is 0 Å². The van der Waals surface area contributed by atoms with E-state index < -0.39 is 10.0 Å². The van der Waals surface area contributed by atoms with E-state index in [-0.39, 0.29) is 10.8 Å². The van der Waals surface area contributed by atoms with Gasteiger partial charge < -0.3 is 5.32 Å². The highest BCUT2D eigenvalue weighted by Gasteiger charge is 2.11. The molecule has 1 saturated heterocycles. The molecule has 0 bridgehead atoms. The number of amides is 1. The Morgan fingerprint density at radius 3 is 2.48 bits per heavy atom. The average molecular weight is 414 g/mol. The molecule has 0 spiro atoms. The highest BCUT2D eigenvalue weighted by molar-refractivity contribution is 7.89. The van der Waals surface area contributed by atoms with E-state index in [0.29, 0.717) is 0 Å². The van der Waals surface area contributed by atoms with Gasteiger partial charge in [-0.25, -0.2) is 13.1 Å². The minimum Gasteiger partial charge on any atom is -0.323 e. The number of piperidine rings is 1. The second-order valence-electron chi connectivity index (χ2n) is 7.14. The largest absolute Gasteiger partial charge is 0.323 e. The Hall–Kier alpha value is -2.48. The zero-order valence-electron chi connectivity index (χ0n) is 16.6. The second kappa shape index (κ2) is 9.82. The molecule has 2 aromatic rings. The van der Waals surface area contributed by atoms with Crippen molar-refractivity contribution in [1.82, 2.24) is 9.62 Å². The van der Waals surface area contributed by atoms with Crippen LogP contribution in [-0.4, -0.2) is 39.4 Å². The Balaban J connectivity index is 1.58. The van der Waals surface area contributed by atoms with Crippen LogP contribution in [0.15, 0.2) is 59.5 Å². The number of nitrogens with zero attached hydrogens (tertiary/aromatic N) is 1. The molecular formula is C22H27N3O3S. The van der Waals surface area contributed by atoms with E-state index in [1.165, 1.54) is 50.1 Å². The number of anilines is 1. The zero-order chi connectivity index (χ0) is 20.7. The molecule has 0 atom stereocenters. The summed E-state index contributed by atoms with van der Waals surface area (Å²) in [7, 11) is -2.09. The molecule has 1 aliphatic heterocycles. The summed E-state index contributed by atoms with van der Waals surface area (Å²) in [5.41, 5.74) is 2.70. The van der Waals surface area contributed by atoms with Crippen molar-refractivity contribution in [2.75, 3.05) is 25.5 Å². The molecule has 0 radical (unpaired) electrons. The molecule has 3 rings (SSSR count). The molecule has 1 heterocycles. The normalized spacial score (nSPS) is 15.5. The van der Waals surface area contributed by atoms with E-state index in [1.54, 1.807) is 18.2 Å². The molecule has 1 fully saturated rings. The predicted molar refractivity (Wildman–Crippen MR) is 116 cm³/mol. The minimum absolute atomic E-state index is 0.187. The lowest BCUT2D eigenvalue weighted by molar-refractivity contribution is -0.111. The third-order valence-electron chi connectivity index (χ3n) is 4.94. The topological polar surface area (TPSA) is 78.5 Å². The van der Waals surface area contributed by atoms with Gasteiger partial charge in [-0.2, -0.15) is 0 Å². The van der Waals surface area contributed by atoms with Crippen LogP contribution in [-0.2, 0) is 21.4 Å². The fourth-order valence-corrected chi connectivity index (χ4v) is 4.09. The van der Waals surface area contributed by atoms with Crippen molar-refractivity contribution < 1.29 is 13.2 Å². The third-order valence-corrected chi connectivity index (χ3v) is 6.37. The van der Waals surface area contributed by atoms with Crippen molar-refractivity contribution in [3.8, 4) is 0 Å². The van der Waals surface area contributed by atoms with Crippen molar-refractivity contribution in [3.63, 3.8) is 0 Å². The lowest BCUT2D eigenvalue weighted by atomic mass is 10.1. The van der Waals surface area contributed by atoms with Crippen molar-refractivity contribution in [2.24, 2.45) is 0 Å². The molecule has 0 unspecified atom stereocenters. The van der Waals surface area contributed by atoms with E-state index in [9.17, 15) is 13.2 Å². The minimum atomic E-state index is -3.46. The first kappa shape index (κ1) is 21.2. The number of benzene rings is 2. The van der Waals surface area contributed by atoms with E-state index >= 15 is 0 Å². The maximum atomic E-state index is 12.2. The lowest BCUT2D eigenvalue weighted by Gasteiger charge is -2.26. The van der Waals surface area contributed by atoms with Gasteiger partial charge >= 0.3 is 0 Å². The Morgan fingerprint density at radius 2 is 1.79 bits per heavy atom. The monoisotopic (exact) mass is 413 g/mol. The summed E-state index contributed by atoms with van der Waals surface area (Å²) in [4.78, 5) is 14.9. The smallest absolute Gasteiger partial charge is 0.248 e. The van der Waals surface area contributed by atoms with Crippen LogP contribution in [0.1, 0.15) is 30.4 Å². The number of carbonyl (C=O) groups excluding carboxylic acids is 1. The number of hydrogen-bond acceptors (Lipinski definition) is 4. The van der Waals surface area contributed by atoms with Gasteiger partial charge in [0.15, 0.2) is 0 Å². The van der Waals surface area contributed by atoms with Gasteiger partial charge in [0, 0.05) is 18.3 Å². The first-order chi connectivity index (χ1) is 14.0. The van der Waals surface area contributed by atoms with Crippen molar-refractivity contribution >= 4 is 27.7 Å². The van der Waals surface area contributed by atoms with E-state index in [0.717, 1.165) is 30.9 Å². The van der Waals surface area contributed by atoms with Gasteiger partial charge in [0.1, 0.15) is 0 Å². The van der Waals surface area contributed by atoms with Crippen LogP contribution in [0.5, 0.6) is 0 Å². The average Bonchev–Trinajstić information content (AvgIpc) is 2.73. The highest BCUT2D eigenvalue weighted by Crippen LogP contribution is 2.16. The van der Waals surface area contributed by atoms with Crippen molar-refractivity contribution in [2.45, 2.75) is 30.7 Å². The van der Waals surface area contributed by atoms with Crippen LogP contribution in [0.2, 0.25) is 0 Å². The zero-order valence-corrected chi connectivity index (χ0v) is 17.4. The Bertz CT molecular complexity index is 963. The molecule has 2 N–H and O–H groups in total. The quantitative estimate of drug-likeness (QED) is 0.683. The van der Waals surface area contributed by atoms with Crippen molar-refractivity contribution in [1.29, 1.82) is 0 Å². The summed E-state index contributed by atoms with van der Waals surface area (Å²) in [5, 5.41) is 2.88. The van der Waals surface area contributed by atoms with Gasteiger partial charge in [-0.05, 0) is 74.4 Å². The maximum absolute atomic E-state index is 12.2. The molecule has 0 aliphatic carbocycles. The van der Waals surface area contributed by atoms with Gasteiger partial charge in [-0.1, -0.05) is 30.7 Å². The first-order valence-corrected chi connectivity index (χ1v) is 11.3. The Labute approximate surface area is 172 Å². The second-order valence-corrected chi connectivity index (χ2v) is 9.02. The number of rotatable bonds is 7. The molecule has 0 saturated carbocycles. The van der Waals surface area contributed by atoms with Gasteiger partial charge in [0.25, 0.3) is 0 Å². The van der Waals surface area contributed by atoms with Gasteiger partial charge in [0.05, 0.1) is 4.90 Å². The van der Waals surface area contributed by atoms with E-state index in [1.807, 2.05) is 18.2 Å². The molecule has 2 aromatic carbocycles. The summed E-state index contributed by atoms with van der Waals surface area (Å²) in [5.74, 6) is -0.230. The fourth-order valence-electron chi connectivity index (χ4n) is 3.35. The van der Waals surface area contributed by atoms with Gasteiger partial charge in [-0.3, -0.25) is 9.69 Å². The first-order valence-electron chi connectivity index (χ1n) is 9.80. The summed E-state index contributed by atoms with van der Waals surface area (Å²) in [6, 6.07) is 14.3. The van der Waals surface area contributed by atoms with Gasteiger partial charge in [-0.15, -0.1) is 0 Å². The summed E-state index contributed by atoms with van der Waals surface area (Å²) in [6.07, 6.45) is 6.92. The Kier molecular flexibility index (Phi) is 7.19. The van der Waals surface area contributed by atoms with Crippen LogP contribution in [0.25, 0.3) is 6.08 Å². The molecule has 1 aliphatic rings. The number of nitrogens with one attached hydrogen (secondary N) is 2. The third kappa shape index (κ3) is 6.25. The van der Waals surface area contributed by atoms with Crippen LogP contribution in [0, 0.1) is 0 Å². The summed E-state index contributed by atoms with van der Waals surface area (Å²) in [6.45, 7) is 3.17. The maximum Gasteiger partial charge on any atom is 0.248 e. The van der Waals surface area contributed by atoms with Crippen LogP contribution < -0.4 is 10.0 Å². The molecule has 6 nitrogen and oxygen atoms in total. The number of hydrogen-bond donors (Lipinski definition) is 2. The van der Waals surface area contributed by atoms with Crippen molar-refractivity contribution in [3.05, 3.63) is 65.7 Å². The van der Waals surface area contributed by atoms with E-state index in [2.05, 4.69) is 21.0 Å². The molecule has 154 valence electrons. The summed E-state index contributed by atoms with van der Waals surface area (Å²) < 4.78 is 25.7. The Morgan fingerprint density at radius 1 is 1.07 bits per heavy atom. The highest BCUT2D eigenvalue weighted by atomic mass is 32.2. The fraction of sp³-hybridized carbons (Fsp3) is 0.318. The standard InChI is InChI=1S/C22H27N3O3S/c1-23-29(27,28)21-11-8-18(9-12-21)10-13-22(26)24-20-7-5-6-19(16-20)17-25-14-3-2-4-15-25/h5-13,16,23H,2-4,14-15,17H2,1H3,(H,24,26)/b13-10+. The molecule has 0 aromatic heterocycles. The number of likely N-dealkylation sites (tertiary alicyclic amines) is 1. The van der Waals surface area contributed by atoms with Crippen LogP contribution in [0.3, 0.4) is 0 Å². The molecular weight excluding hydrogens is 386 g/mol. The number of sulfonamides is 1. The number of carbonyl (C=O) groups is 1. The molecule has 29 heavy (non-hydrogen) atoms. The lowest BCUT2D eigenvalue weighted by Crippen LogP contribution is -2.29. The summed E-state index contributed by atoms with van der Waals surface area (Å²) >= 11 is 0. The van der Waals surface area contributed by atoms with Crippen LogP contribution in [0.4, 0.5) is 5.69 Å². The molecule has 1 amide bonds. The SMILES string of the molecule is CNS(=O)(=O)c1ccc(/C=C/C(=O)Nc2cccc(CN3CCCCC3)c2)cc1.